The van der Waals surface area contributed by atoms with Gasteiger partial charge in [-0.2, -0.15) is 5.10 Å². The number of benzene rings is 2. The molecule has 0 radical (unpaired) electrons. The highest BCUT2D eigenvalue weighted by Crippen LogP contribution is 2.34. The van der Waals surface area contributed by atoms with Gasteiger partial charge in [0, 0.05) is 23.6 Å². The molecule has 0 aliphatic heterocycles. The van der Waals surface area contributed by atoms with Crippen LogP contribution in [0.2, 0.25) is 0 Å². The minimum absolute atomic E-state index is 0.0900. The summed E-state index contributed by atoms with van der Waals surface area (Å²) in [5.74, 6) is 1.75. The van der Waals surface area contributed by atoms with Crippen molar-refractivity contribution in [3.05, 3.63) is 66.0 Å². The second-order valence-electron chi connectivity index (χ2n) is 7.99. The predicted molar refractivity (Wildman–Crippen MR) is 141 cm³/mol. The van der Waals surface area contributed by atoms with Crippen molar-refractivity contribution in [2.24, 2.45) is 0 Å². The van der Waals surface area contributed by atoms with Gasteiger partial charge < -0.3 is 4.74 Å². The van der Waals surface area contributed by atoms with E-state index in [1.165, 1.54) is 16.2 Å². The number of carbonyl (C=O) groups excluding carboxylic acids is 1. The molecule has 2 heterocycles. The van der Waals surface area contributed by atoms with Crippen LogP contribution in [0.4, 0.5) is 5.13 Å². The van der Waals surface area contributed by atoms with Crippen molar-refractivity contribution in [3.63, 3.8) is 0 Å². The molecule has 1 amide bonds. The van der Waals surface area contributed by atoms with Crippen LogP contribution in [0.15, 0.2) is 59.5 Å². The monoisotopic (exact) mass is 494 g/mol. The van der Waals surface area contributed by atoms with Gasteiger partial charge in [0.25, 0.3) is 0 Å². The van der Waals surface area contributed by atoms with Crippen LogP contribution in [-0.4, -0.2) is 39.6 Å². The summed E-state index contributed by atoms with van der Waals surface area (Å²) >= 11 is 3.32. The van der Waals surface area contributed by atoms with Crippen molar-refractivity contribution in [3.8, 4) is 5.75 Å². The van der Waals surface area contributed by atoms with Crippen molar-refractivity contribution < 1.29 is 9.53 Å². The van der Waals surface area contributed by atoms with Crippen LogP contribution in [0.25, 0.3) is 10.2 Å². The molecular formula is C26H30N4O2S2. The van der Waals surface area contributed by atoms with E-state index in [9.17, 15) is 4.79 Å². The average molecular weight is 495 g/mol. The molecule has 0 atom stereocenters. The van der Waals surface area contributed by atoms with Gasteiger partial charge >= 0.3 is 0 Å². The Hall–Kier alpha value is -2.84. The highest BCUT2D eigenvalue weighted by molar-refractivity contribution is 7.99. The summed E-state index contributed by atoms with van der Waals surface area (Å²) in [4.78, 5) is 21.3. The first-order chi connectivity index (χ1) is 16.5. The molecule has 4 rings (SSSR count). The highest BCUT2D eigenvalue weighted by Gasteiger charge is 2.21. The van der Waals surface area contributed by atoms with Crippen LogP contribution in [0, 0.1) is 13.8 Å². The zero-order valence-electron chi connectivity index (χ0n) is 19.9. The third-order valence-electron chi connectivity index (χ3n) is 5.39. The molecule has 8 heteroatoms. The molecule has 0 bridgehead atoms. The van der Waals surface area contributed by atoms with Crippen molar-refractivity contribution >= 4 is 44.4 Å². The lowest BCUT2D eigenvalue weighted by atomic mass is 10.3. The average Bonchev–Trinajstić information content (AvgIpc) is 3.40. The number of ether oxygens (including phenoxy) is 1. The largest absolute Gasteiger partial charge is 0.492 e. The van der Waals surface area contributed by atoms with Gasteiger partial charge in [-0.15, -0.1) is 11.8 Å². The van der Waals surface area contributed by atoms with Crippen molar-refractivity contribution in [2.75, 3.05) is 23.8 Å². The number of rotatable bonds is 11. The van der Waals surface area contributed by atoms with Gasteiger partial charge in [-0.25, -0.2) is 4.98 Å². The third-order valence-corrected chi connectivity index (χ3v) is 7.53. The number of nitrogens with zero attached hydrogens (tertiary/aromatic N) is 4. The minimum Gasteiger partial charge on any atom is -0.492 e. The molecule has 0 spiro atoms. The van der Waals surface area contributed by atoms with E-state index in [1.54, 1.807) is 11.8 Å². The number of hydrogen-bond acceptors (Lipinski definition) is 6. The Morgan fingerprint density at radius 2 is 1.97 bits per heavy atom. The number of thioether (sulfide) groups is 1. The molecule has 178 valence electrons. The fourth-order valence-corrected chi connectivity index (χ4v) is 5.69. The van der Waals surface area contributed by atoms with Crippen LogP contribution >= 0.6 is 23.1 Å². The molecule has 34 heavy (non-hydrogen) atoms. The van der Waals surface area contributed by atoms with Crippen LogP contribution in [0.3, 0.4) is 0 Å². The van der Waals surface area contributed by atoms with Crippen LogP contribution in [0.1, 0.15) is 31.2 Å². The molecule has 0 aliphatic carbocycles. The lowest BCUT2D eigenvalue weighted by Crippen LogP contribution is -2.34. The van der Waals surface area contributed by atoms with E-state index in [1.807, 2.05) is 66.8 Å². The fraction of sp³-hybridized carbons (Fsp3) is 0.346. The second kappa shape index (κ2) is 11.5. The van der Waals surface area contributed by atoms with Crippen molar-refractivity contribution in [2.45, 2.75) is 45.1 Å². The second-order valence-corrected chi connectivity index (χ2v) is 10.2. The molecule has 2 aromatic carbocycles. The summed E-state index contributed by atoms with van der Waals surface area (Å²) < 4.78 is 8.74. The number of anilines is 1. The number of amides is 1. The summed E-state index contributed by atoms with van der Waals surface area (Å²) in [7, 11) is 0. The number of carbonyl (C=O) groups is 1. The molecule has 2 aromatic heterocycles. The molecule has 0 aliphatic rings. The molecule has 0 saturated heterocycles. The molecule has 4 aromatic rings. The lowest BCUT2D eigenvalue weighted by molar-refractivity contribution is -0.118. The maximum Gasteiger partial charge on any atom is 0.228 e. The van der Waals surface area contributed by atoms with E-state index in [4.69, 9.17) is 9.72 Å². The first-order valence-corrected chi connectivity index (χ1v) is 13.4. The van der Waals surface area contributed by atoms with Crippen LogP contribution < -0.4 is 9.64 Å². The maximum atomic E-state index is 13.4. The summed E-state index contributed by atoms with van der Waals surface area (Å²) in [6, 6.07) is 18.3. The quantitative estimate of drug-likeness (QED) is 0.186. The smallest absolute Gasteiger partial charge is 0.228 e. The third kappa shape index (κ3) is 5.98. The number of para-hydroxylation sites is 1. The van der Waals surface area contributed by atoms with Gasteiger partial charge in [-0.3, -0.25) is 14.4 Å². The first kappa shape index (κ1) is 24.3. The number of hydrogen-bond donors (Lipinski definition) is 0. The van der Waals surface area contributed by atoms with Crippen LogP contribution in [0.5, 0.6) is 5.75 Å². The zero-order chi connectivity index (χ0) is 23.9. The Bertz CT molecular complexity index is 1240. The summed E-state index contributed by atoms with van der Waals surface area (Å²) in [5, 5.41) is 5.28. The Labute approximate surface area is 209 Å². The Morgan fingerprint density at radius 1 is 1.15 bits per heavy atom. The van der Waals surface area contributed by atoms with Gasteiger partial charge in [0.15, 0.2) is 5.13 Å². The molecule has 0 saturated carbocycles. The van der Waals surface area contributed by atoms with Crippen LogP contribution in [-0.2, 0) is 11.3 Å². The summed E-state index contributed by atoms with van der Waals surface area (Å²) in [6.45, 7) is 7.71. The topological polar surface area (TPSA) is 60.2 Å². The van der Waals surface area contributed by atoms with E-state index >= 15 is 0 Å². The van der Waals surface area contributed by atoms with E-state index in [0.29, 0.717) is 31.2 Å². The normalized spacial score (nSPS) is 11.1. The summed E-state index contributed by atoms with van der Waals surface area (Å²) in [6.07, 6.45) is 1.29. The van der Waals surface area contributed by atoms with Gasteiger partial charge in [-0.1, -0.05) is 35.6 Å². The minimum atomic E-state index is 0.0900. The van der Waals surface area contributed by atoms with Gasteiger partial charge in [0.2, 0.25) is 5.91 Å². The standard InChI is InChI=1S/C26H30N4O2S2/c1-4-32-22-12-8-13-23-25(22)27-26(34-23)29(15-16-30-20(3)18-19(2)28-30)24(31)14-9-17-33-21-10-6-5-7-11-21/h5-8,10-13,18H,4,9,14-17H2,1-3H3. The lowest BCUT2D eigenvalue weighted by Gasteiger charge is -2.20. The van der Waals surface area contributed by atoms with Gasteiger partial charge in [0.1, 0.15) is 11.3 Å². The number of aromatic nitrogens is 3. The van der Waals surface area contributed by atoms with E-state index in [-0.39, 0.29) is 5.91 Å². The Balaban J connectivity index is 1.50. The van der Waals surface area contributed by atoms with E-state index in [2.05, 4.69) is 23.3 Å². The number of aryl methyl sites for hydroxylation is 2. The molecular weight excluding hydrogens is 464 g/mol. The molecule has 0 N–H and O–H groups in total. The van der Waals surface area contributed by atoms with Gasteiger partial charge in [0.05, 0.1) is 23.5 Å². The fourth-order valence-electron chi connectivity index (χ4n) is 3.79. The number of fused-ring (bicyclic) bond motifs is 1. The summed E-state index contributed by atoms with van der Waals surface area (Å²) in [5.41, 5.74) is 2.88. The maximum absolute atomic E-state index is 13.4. The molecule has 0 unspecified atom stereocenters. The Kier molecular flexibility index (Phi) is 8.24. The van der Waals surface area contributed by atoms with Gasteiger partial charge in [-0.05, 0) is 63.3 Å². The van der Waals surface area contributed by atoms with Crippen molar-refractivity contribution in [1.29, 1.82) is 0 Å². The van der Waals surface area contributed by atoms with Crippen molar-refractivity contribution in [1.82, 2.24) is 14.8 Å². The Morgan fingerprint density at radius 3 is 2.71 bits per heavy atom. The SMILES string of the molecule is CCOc1cccc2sc(N(CCn3nc(C)cc3C)C(=O)CCCSc3ccccc3)nc12. The first-order valence-electron chi connectivity index (χ1n) is 11.6. The van der Waals surface area contributed by atoms with E-state index in [0.717, 1.165) is 39.5 Å². The predicted octanol–water partition coefficient (Wildman–Crippen LogP) is 6.11. The molecule has 6 nitrogen and oxygen atoms in total. The van der Waals surface area contributed by atoms with E-state index < -0.39 is 0 Å². The molecule has 0 fully saturated rings. The number of thiazole rings is 1. The zero-order valence-corrected chi connectivity index (χ0v) is 21.5. The highest BCUT2D eigenvalue weighted by atomic mass is 32.2.